The lowest BCUT2D eigenvalue weighted by Gasteiger charge is -2.44. The van der Waals surface area contributed by atoms with Gasteiger partial charge in [-0.2, -0.15) is 0 Å². The number of rotatable bonds is 4. The maximum absolute atomic E-state index is 4.63. The van der Waals surface area contributed by atoms with Crippen molar-refractivity contribution in [2.75, 3.05) is 13.1 Å². The normalized spacial score (nSPS) is 24.7. The zero-order valence-corrected chi connectivity index (χ0v) is 14.7. The number of piperidine rings is 2. The molecule has 0 N–H and O–H groups in total. The third kappa shape index (κ3) is 3.12. The highest BCUT2D eigenvalue weighted by Gasteiger charge is 2.33. The molecule has 4 rings (SSSR count). The summed E-state index contributed by atoms with van der Waals surface area (Å²) in [6.07, 6.45) is 13.9. The van der Waals surface area contributed by atoms with Gasteiger partial charge in [-0.05, 0) is 62.7 Å². The van der Waals surface area contributed by atoms with Crippen LogP contribution < -0.4 is 0 Å². The predicted molar refractivity (Wildman–Crippen MR) is 96.8 cm³/mol. The number of aryl methyl sites for hydroxylation is 1. The molecule has 4 nitrogen and oxygen atoms in total. The van der Waals surface area contributed by atoms with E-state index in [0.717, 1.165) is 36.4 Å². The molecule has 0 spiro atoms. The Balaban J connectivity index is 1.53. The van der Waals surface area contributed by atoms with Crippen LogP contribution >= 0.6 is 0 Å². The number of fused-ring (bicyclic) bond motifs is 1. The molecule has 2 aliphatic rings. The van der Waals surface area contributed by atoms with E-state index in [1.54, 1.807) is 0 Å². The molecule has 24 heavy (non-hydrogen) atoms. The van der Waals surface area contributed by atoms with Gasteiger partial charge in [0.05, 0.1) is 0 Å². The summed E-state index contributed by atoms with van der Waals surface area (Å²) in [5.74, 6) is 1.77. The second-order valence-electron chi connectivity index (χ2n) is 7.31. The SMILES string of the molecule is CCc1ccc(-c2nccn2C[C@@H]2CCCN3CCCC[C@H]23)nc1. The maximum atomic E-state index is 4.63. The van der Waals surface area contributed by atoms with Crippen LogP contribution in [0.15, 0.2) is 30.7 Å². The Labute approximate surface area is 144 Å². The third-order valence-electron chi connectivity index (χ3n) is 5.84. The van der Waals surface area contributed by atoms with E-state index in [-0.39, 0.29) is 0 Å². The van der Waals surface area contributed by atoms with Gasteiger partial charge in [0.1, 0.15) is 5.69 Å². The van der Waals surface area contributed by atoms with E-state index in [1.165, 1.54) is 50.8 Å². The summed E-state index contributed by atoms with van der Waals surface area (Å²) in [6.45, 7) is 5.85. The van der Waals surface area contributed by atoms with Crippen molar-refractivity contribution < 1.29 is 0 Å². The minimum atomic E-state index is 0.752. The number of nitrogens with zero attached hydrogens (tertiary/aromatic N) is 4. The van der Waals surface area contributed by atoms with Crippen molar-refractivity contribution in [1.82, 2.24) is 19.4 Å². The predicted octanol–water partition coefficient (Wildman–Crippen LogP) is 3.77. The molecule has 2 aromatic rings. The molecule has 0 bridgehead atoms. The number of hydrogen-bond acceptors (Lipinski definition) is 3. The minimum absolute atomic E-state index is 0.752. The van der Waals surface area contributed by atoms with Crippen LogP contribution in [0, 0.1) is 5.92 Å². The van der Waals surface area contributed by atoms with Gasteiger partial charge >= 0.3 is 0 Å². The maximum Gasteiger partial charge on any atom is 0.158 e. The molecule has 0 amide bonds. The Morgan fingerprint density at radius 1 is 1.08 bits per heavy atom. The lowest BCUT2D eigenvalue weighted by molar-refractivity contribution is 0.0521. The zero-order valence-electron chi connectivity index (χ0n) is 14.7. The third-order valence-corrected chi connectivity index (χ3v) is 5.84. The molecule has 0 saturated carbocycles. The standard InChI is InChI=1S/C20H28N4/c1-2-16-8-9-18(22-14-16)20-21-10-13-24(20)15-17-6-5-12-23-11-4-3-7-19(17)23/h8-10,13-14,17,19H,2-7,11-12,15H2,1H3/t17-,19+/m0/s1. The second kappa shape index (κ2) is 7.06. The Bertz CT molecular complexity index is 659. The quantitative estimate of drug-likeness (QED) is 0.858. The van der Waals surface area contributed by atoms with Crippen molar-refractivity contribution in [2.24, 2.45) is 5.92 Å². The van der Waals surface area contributed by atoms with Gasteiger partial charge in [-0.1, -0.05) is 19.4 Å². The van der Waals surface area contributed by atoms with Crippen LogP contribution in [0.25, 0.3) is 11.5 Å². The summed E-state index contributed by atoms with van der Waals surface area (Å²) in [6, 6.07) is 5.06. The molecule has 2 atom stereocenters. The summed E-state index contributed by atoms with van der Waals surface area (Å²) >= 11 is 0. The molecule has 2 aromatic heterocycles. The van der Waals surface area contributed by atoms with E-state index in [4.69, 9.17) is 0 Å². The largest absolute Gasteiger partial charge is 0.329 e. The Kier molecular flexibility index (Phi) is 4.65. The molecular formula is C20H28N4. The van der Waals surface area contributed by atoms with Crippen molar-refractivity contribution >= 4 is 0 Å². The number of aromatic nitrogens is 3. The summed E-state index contributed by atoms with van der Waals surface area (Å²) in [5.41, 5.74) is 2.27. The molecule has 0 radical (unpaired) electrons. The number of pyridine rings is 1. The van der Waals surface area contributed by atoms with Crippen molar-refractivity contribution in [3.05, 3.63) is 36.3 Å². The summed E-state index contributed by atoms with van der Waals surface area (Å²) in [7, 11) is 0. The van der Waals surface area contributed by atoms with E-state index < -0.39 is 0 Å². The van der Waals surface area contributed by atoms with Crippen LogP contribution in [0.2, 0.25) is 0 Å². The van der Waals surface area contributed by atoms with Gasteiger partial charge in [0, 0.05) is 31.2 Å². The van der Waals surface area contributed by atoms with Crippen LogP contribution in [0.1, 0.15) is 44.6 Å². The first-order valence-electron chi connectivity index (χ1n) is 9.55. The van der Waals surface area contributed by atoms with Gasteiger partial charge in [-0.25, -0.2) is 4.98 Å². The molecule has 4 heteroatoms. The van der Waals surface area contributed by atoms with Crippen molar-refractivity contribution in [2.45, 2.75) is 58.0 Å². The average Bonchev–Trinajstić information content (AvgIpc) is 3.10. The number of hydrogen-bond donors (Lipinski definition) is 0. The Morgan fingerprint density at radius 2 is 2.00 bits per heavy atom. The summed E-state index contributed by atoms with van der Waals surface area (Å²) in [4.78, 5) is 12.0. The van der Waals surface area contributed by atoms with E-state index in [0.29, 0.717) is 0 Å². The van der Waals surface area contributed by atoms with E-state index in [2.05, 4.69) is 44.7 Å². The molecule has 2 aliphatic heterocycles. The van der Waals surface area contributed by atoms with E-state index in [1.807, 2.05) is 12.4 Å². The van der Waals surface area contributed by atoms with Gasteiger partial charge in [0.15, 0.2) is 5.82 Å². The molecule has 0 unspecified atom stereocenters. The van der Waals surface area contributed by atoms with Crippen LogP contribution in [0.4, 0.5) is 0 Å². The van der Waals surface area contributed by atoms with Crippen LogP contribution in [-0.2, 0) is 13.0 Å². The monoisotopic (exact) mass is 324 g/mol. The fourth-order valence-corrected chi connectivity index (χ4v) is 4.50. The van der Waals surface area contributed by atoms with Gasteiger partial charge in [0.25, 0.3) is 0 Å². The topological polar surface area (TPSA) is 34.0 Å². The summed E-state index contributed by atoms with van der Waals surface area (Å²) in [5, 5.41) is 0. The second-order valence-corrected chi connectivity index (χ2v) is 7.31. The van der Waals surface area contributed by atoms with Crippen LogP contribution in [0.3, 0.4) is 0 Å². The molecule has 2 fully saturated rings. The Morgan fingerprint density at radius 3 is 2.83 bits per heavy atom. The average molecular weight is 324 g/mol. The molecule has 4 heterocycles. The zero-order chi connectivity index (χ0) is 16.4. The molecular weight excluding hydrogens is 296 g/mol. The molecule has 2 saturated heterocycles. The Hall–Kier alpha value is -1.68. The fourth-order valence-electron chi connectivity index (χ4n) is 4.50. The van der Waals surface area contributed by atoms with Crippen molar-refractivity contribution in [3.63, 3.8) is 0 Å². The first kappa shape index (κ1) is 15.8. The minimum Gasteiger partial charge on any atom is -0.329 e. The van der Waals surface area contributed by atoms with Crippen LogP contribution in [0.5, 0.6) is 0 Å². The first-order chi connectivity index (χ1) is 11.8. The van der Waals surface area contributed by atoms with Gasteiger partial charge < -0.3 is 9.47 Å². The fraction of sp³-hybridized carbons (Fsp3) is 0.600. The van der Waals surface area contributed by atoms with Crippen molar-refractivity contribution in [3.8, 4) is 11.5 Å². The summed E-state index contributed by atoms with van der Waals surface area (Å²) < 4.78 is 2.33. The van der Waals surface area contributed by atoms with E-state index in [9.17, 15) is 0 Å². The van der Waals surface area contributed by atoms with E-state index >= 15 is 0 Å². The van der Waals surface area contributed by atoms with Gasteiger partial charge in [-0.3, -0.25) is 4.98 Å². The highest BCUT2D eigenvalue weighted by molar-refractivity contribution is 5.49. The molecule has 0 aliphatic carbocycles. The number of imidazole rings is 1. The molecule has 0 aromatic carbocycles. The van der Waals surface area contributed by atoms with Crippen molar-refractivity contribution in [1.29, 1.82) is 0 Å². The lowest BCUT2D eigenvalue weighted by atomic mass is 9.83. The molecule has 128 valence electrons. The van der Waals surface area contributed by atoms with Gasteiger partial charge in [-0.15, -0.1) is 0 Å². The highest BCUT2D eigenvalue weighted by atomic mass is 15.2. The van der Waals surface area contributed by atoms with Crippen LogP contribution in [-0.4, -0.2) is 38.6 Å². The lowest BCUT2D eigenvalue weighted by Crippen LogP contribution is -2.49. The highest BCUT2D eigenvalue weighted by Crippen LogP contribution is 2.32. The first-order valence-corrected chi connectivity index (χ1v) is 9.55. The smallest absolute Gasteiger partial charge is 0.158 e. The van der Waals surface area contributed by atoms with Gasteiger partial charge in [0.2, 0.25) is 0 Å².